The summed E-state index contributed by atoms with van der Waals surface area (Å²) in [5, 5.41) is 2.32. The molecular formula is C27H31N3O3. The Morgan fingerprint density at radius 2 is 1.82 bits per heavy atom. The minimum absolute atomic E-state index is 0.0494. The quantitative estimate of drug-likeness (QED) is 0.528. The predicted octanol–water partition coefficient (Wildman–Crippen LogP) is 5.08. The number of aryl methyl sites for hydroxylation is 1. The highest BCUT2D eigenvalue weighted by atomic mass is 16.2. The molecule has 0 radical (unpaired) electrons. The summed E-state index contributed by atoms with van der Waals surface area (Å²) in [6, 6.07) is 10.8. The van der Waals surface area contributed by atoms with E-state index in [4.69, 9.17) is 0 Å². The van der Waals surface area contributed by atoms with Crippen LogP contribution in [0.2, 0.25) is 0 Å². The Bertz CT molecular complexity index is 1200. The molecule has 0 aliphatic carbocycles. The normalized spacial score (nSPS) is 21.3. The maximum absolute atomic E-state index is 13.3. The summed E-state index contributed by atoms with van der Waals surface area (Å²) < 4.78 is 0. The van der Waals surface area contributed by atoms with Crippen molar-refractivity contribution in [3.63, 3.8) is 0 Å². The number of carbonyl (C=O) groups is 3. The van der Waals surface area contributed by atoms with Crippen molar-refractivity contribution in [2.45, 2.75) is 59.4 Å². The molecule has 2 aromatic rings. The number of rotatable bonds is 3. The number of anilines is 2. The van der Waals surface area contributed by atoms with Crippen LogP contribution in [0.1, 0.15) is 62.3 Å². The van der Waals surface area contributed by atoms with Gasteiger partial charge >= 0.3 is 6.03 Å². The number of imide groups is 2. The summed E-state index contributed by atoms with van der Waals surface area (Å²) in [7, 11) is 0. The second kappa shape index (κ2) is 8.18. The van der Waals surface area contributed by atoms with Crippen LogP contribution < -0.4 is 15.1 Å². The van der Waals surface area contributed by atoms with E-state index in [-0.39, 0.29) is 11.1 Å². The molecule has 2 heterocycles. The van der Waals surface area contributed by atoms with Crippen molar-refractivity contribution in [1.29, 1.82) is 0 Å². The Kier molecular flexibility index (Phi) is 5.64. The molecule has 1 N–H and O–H groups in total. The molecule has 172 valence electrons. The second-order valence-electron chi connectivity index (χ2n) is 9.66. The van der Waals surface area contributed by atoms with Crippen LogP contribution in [0.25, 0.3) is 6.08 Å². The summed E-state index contributed by atoms with van der Waals surface area (Å²) in [4.78, 5) is 42.0. The largest absolute Gasteiger partial charge is 0.366 e. The first-order valence-corrected chi connectivity index (χ1v) is 11.4. The number of carbonyl (C=O) groups excluding carboxylic acids is 3. The highest BCUT2D eigenvalue weighted by Gasteiger charge is 2.38. The fourth-order valence-corrected chi connectivity index (χ4v) is 5.22. The molecule has 0 saturated carbocycles. The topological polar surface area (TPSA) is 69.7 Å². The number of benzene rings is 2. The van der Waals surface area contributed by atoms with Crippen LogP contribution >= 0.6 is 0 Å². The molecular weight excluding hydrogens is 414 g/mol. The SMILES string of the molecule is CCN1c2ccc(/C=C3/C(=O)NC(=O)N(c4cccc(C)c4C)C3=O)cc2C(C)CC1(C)C. The highest BCUT2D eigenvalue weighted by Crippen LogP contribution is 2.43. The molecule has 33 heavy (non-hydrogen) atoms. The third-order valence-corrected chi connectivity index (χ3v) is 6.96. The lowest BCUT2D eigenvalue weighted by Gasteiger charge is -2.47. The van der Waals surface area contributed by atoms with Crippen LogP contribution in [0.5, 0.6) is 0 Å². The molecule has 4 rings (SSSR count). The number of hydrogen-bond acceptors (Lipinski definition) is 4. The summed E-state index contributed by atoms with van der Waals surface area (Å²) in [5.41, 5.74) is 5.44. The van der Waals surface area contributed by atoms with Gasteiger partial charge in [-0.15, -0.1) is 0 Å². The van der Waals surface area contributed by atoms with Crippen molar-refractivity contribution in [3.05, 3.63) is 64.2 Å². The zero-order valence-electron chi connectivity index (χ0n) is 20.2. The van der Waals surface area contributed by atoms with Gasteiger partial charge in [-0.25, -0.2) is 9.69 Å². The van der Waals surface area contributed by atoms with Crippen molar-refractivity contribution in [2.24, 2.45) is 0 Å². The zero-order valence-corrected chi connectivity index (χ0v) is 20.2. The smallest absolute Gasteiger partial charge is 0.335 e. The van der Waals surface area contributed by atoms with Crippen LogP contribution in [0.15, 0.2) is 42.0 Å². The van der Waals surface area contributed by atoms with E-state index in [2.05, 4.69) is 50.0 Å². The van der Waals surface area contributed by atoms with E-state index in [0.717, 1.165) is 34.6 Å². The first kappa shape index (κ1) is 22.8. The molecule has 6 heteroatoms. The fourth-order valence-electron chi connectivity index (χ4n) is 5.22. The first-order chi connectivity index (χ1) is 15.5. The molecule has 0 spiro atoms. The number of hydrogen-bond donors (Lipinski definition) is 1. The van der Waals surface area contributed by atoms with E-state index in [1.807, 2.05) is 26.0 Å². The van der Waals surface area contributed by atoms with Gasteiger partial charge in [0.25, 0.3) is 11.8 Å². The van der Waals surface area contributed by atoms with Crippen molar-refractivity contribution in [3.8, 4) is 0 Å². The van der Waals surface area contributed by atoms with E-state index in [1.54, 1.807) is 18.2 Å². The average molecular weight is 446 g/mol. The lowest BCUT2D eigenvalue weighted by Crippen LogP contribution is -2.54. The summed E-state index contributed by atoms with van der Waals surface area (Å²) in [6.07, 6.45) is 2.60. The summed E-state index contributed by atoms with van der Waals surface area (Å²) >= 11 is 0. The molecule has 2 aromatic carbocycles. The van der Waals surface area contributed by atoms with Gasteiger partial charge in [0.05, 0.1) is 5.69 Å². The third-order valence-electron chi connectivity index (χ3n) is 6.96. The monoisotopic (exact) mass is 445 g/mol. The van der Waals surface area contributed by atoms with Crippen LogP contribution in [0.4, 0.5) is 16.2 Å². The molecule has 1 unspecified atom stereocenters. The van der Waals surface area contributed by atoms with Crippen LogP contribution in [-0.2, 0) is 9.59 Å². The van der Waals surface area contributed by atoms with Gasteiger partial charge < -0.3 is 4.90 Å². The minimum atomic E-state index is -0.726. The molecule has 6 nitrogen and oxygen atoms in total. The minimum Gasteiger partial charge on any atom is -0.366 e. The zero-order chi connectivity index (χ0) is 24.1. The van der Waals surface area contributed by atoms with Crippen molar-refractivity contribution < 1.29 is 14.4 Å². The van der Waals surface area contributed by atoms with Crippen LogP contribution in [0, 0.1) is 13.8 Å². The standard InChI is InChI=1S/C27H31N3O3/c1-7-29-23-12-11-19(13-20(23)17(3)15-27(29,5)6)14-21-24(31)28-26(33)30(25(21)32)22-10-8-9-16(2)18(22)4/h8-14,17H,7,15H2,1-6H3,(H,28,31,33)/b21-14-. The molecule has 1 atom stereocenters. The molecule has 2 aliphatic heterocycles. The molecule has 2 aliphatic rings. The van der Waals surface area contributed by atoms with Gasteiger partial charge in [-0.3, -0.25) is 14.9 Å². The van der Waals surface area contributed by atoms with E-state index >= 15 is 0 Å². The van der Waals surface area contributed by atoms with E-state index in [0.29, 0.717) is 11.6 Å². The van der Waals surface area contributed by atoms with E-state index in [9.17, 15) is 14.4 Å². The Morgan fingerprint density at radius 1 is 1.09 bits per heavy atom. The molecule has 0 bridgehead atoms. The molecule has 0 aromatic heterocycles. The van der Waals surface area contributed by atoms with E-state index < -0.39 is 17.8 Å². The van der Waals surface area contributed by atoms with Gasteiger partial charge in [0.1, 0.15) is 5.57 Å². The van der Waals surface area contributed by atoms with Crippen LogP contribution in [0.3, 0.4) is 0 Å². The lowest BCUT2D eigenvalue weighted by atomic mass is 9.79. The Labute approximate surface area is 195 Å². The van der Waals surface area contributed by atoms with Crippen molar-refractivity contribution in [1.82, 2.24) is 5.32 Å². The Hall–Kier alpha value is -3.41. The number of nitrogens with zero attached hydrogens (tertiary/aromatic N) is 2. The van der Waals surface area contributed by atoms with Gasteiger partial charge in [0, 0.05) is 17.8 Å². The van der Waals surface area contributed by atoms with Gasteiger partial charge in [-0.1, -0.05) is 25.1 Å². The predicted molar refractivity (Wildman–Crippen MR) is 131 cm³/mol. The van der Waals surface area contributed by atoms with Gasteiger partial charge in [-0.2, -0.15) is 0 Å². The van der Waals surface area contributed by atoms with Crippen LogP contribution in [-0.4, -0.2) is 29.9 Å². The number of urea groups is 1. The Morgan fingerprint density at radius 3 is 2.52 bits per heavy atom. The summed E-state index contributed by atoms with van der Waals surface area (Å²) in [6.45, 7) is 13.6. The number of amides is 4. The molecule has 1 saturated heterocycles. The van der Waals surface area contributed by atoms with Crippen molar-refractivity contribution >= 4 is 35.3 Å². The molecule has 4 amide bonds. The number of barbiturate groups is 1. The Balaban J connectivity index is 1.75. The van der Waals surface area contributed by atoms with Crippen molar-refractivity contribution in [2.75, 3.05) is 16.3 Å². The van der Waals surface area contributed by atoms with E-state index in [1.165, 1.54) is 11.3 Å². The van der Waals surface area contributed by atoms with Gasteiger partial charge in [0.2, 0.25) is 0 Å². The second-order valence-corrected chi connectivity index (χ2v) is 9.66. The summed E-state index contributed by atoms with van der Waals surface area (Å²) in [5.74, 6) is -0.937. The molecule has 1 fully saturated rings. The average Bonchev–Trinajstić information content (AvgIpc) is 2.74. The lowest BCUT2D eigenvalue weighted by molar-refractivity contribution is -0.122. The maximum atomic E-state index is 13.3. The highest BCUT2D eigenvalue weighted by molar-refractivity contribution is 6.39. The number of nitrogens with one attached hydrogen (secondary N) is 1. The maximum Gasteiger partial charge on any atom is 0.335 e. The third kappa shape index (κ3) is 3.84. The van der Waals surface area contributed by atoms with Gasteiger partial charge in [0.15, 0.2) is 0 Å². The first-order valence-electron chi connectivity index (χ1n) is 11.4. The van der Waals surface area contributed by atoms with Gasteiger partial charge in [-0.05, 0) is 93.5 Å². The number of fused-ring (bicyclic) bond motifs is 1. The fraction of sp³-hybridized carbons (Fsp3) is 0.370.